The van der Waals surface area contributed by atoms with E-state index in [1.54, 1.807) is 20.9 Å². The largest absolute Gasteiger partial charge is 0.291 e. The SMILES string of the molecule is CC(C)C(C#N)C(=O)Nc1nnn(C)n1. The first-order valence-electron chi connectivity index (χ1n) is 4.49. The maximum absolute atomic E-state index is 11.5. The minimum Gasteiger partial charge on any atom is -0.291 e. The van der Waals surface area contributed by atoms with E-state index in [2.05, 4.69) is 20.7 Å². The molecular weight excluding hydrogens is 196 g/mol. The van der Waals surface area contributed by atoms with Crippen LogP contribution in [-0.2, 0) is 11.8 Å². The number of aryl methyl sites for hydroxylation is 1. The molecule has 1 heterocycles. The Labute approximate surface area is 87.1 Å². The maximum atomic E-state index is 11.5. The van der Waals surface area contributed by atoms with E-state index in [1.807, 2.05) is 6.07 Å². The average Bonchev–Trinajstić information content (AvgIpc) is 2.51. The van der Waals surface area contributed by atoms with Crippen LogP contribution in [0.15, 0.2) is 0 Å². The summed E-state index contributed by atoms with van der Waals surface area (Å²) in [6.07, 6.45) is 0. The fourth-order valence-electron chi connectivity index (χ4n) is 1.03. The van der Waals surface area contributed by atoms with Gasteiger partial charge in [-0.15, -0.1) is 5.10 Å². The van der Waals surface area contributed by atoms with Crippen molar-refractivity contribution in [3.63, 3.8) is 0 Å². The summed E-state index contributed by atoms with van der Waals surface area (Å²) in [6.45, 7) is 3.61. The average molecular weight is 208 g/mol. The first kappa shape index (κ1) is 11.1. The van der Waals surface area contributed by atoms with E-state index in [1.165, 1.54) is 4.80 Å². The molecule has 0 saturated carbocycles. The molecule has 0 fully saturated rings. The quantitative estimate of drug-likeness (QED) is 0.750. The van der Waals surface area contributed by atoms with Crippen molar-refractivity contribution in [1.29, 1.82) is 5.26 Å². The fraction of sp³-hybridized carbons (Fsp3) is 0.625. The summed E-state index contributed by atoms with van der Waals surface area (Å²) in [5, 5.41) is 22.1. The van der Waals surface area contributed by atoms with Crippen molar-refractivity contribution >= 4 is 11.9 Å². The number of anilines is 1. The van der Waals surface area contributed by atoms with E-state index in [9.17, 15) is 4.79 Å². The molecular formula is C8H12N6O. The molecule has 80 valence electrons. The lowest BCUT2D eigenvalue weighted by atomic mass is 9.97. The number of amides is 1. The highest BCUT2D eigenvalue weighted by molar-refractivity contribution is 5.92. The van der Waals surface area contributed by atoms with Crippen molar-refractivity contribution < 1.29 is 4.79 Å². The van der Waals surface area contributed by atoms with Gasteiger partial charge in [0.1, 0.15) is 5.92 Å². The standard InChI is InChI=1S/C8H12N6O/c1-5(2)6(4-9)7(15)10-8-11-13-14(3)12-8/h5-6H,1-3H3,(H,10,12,15). The van der Waals surface area contributed by atoms with Crippen molar-refractivity contribution in [2.24, 2.45) is 18.9 Å². The van der Waals surface area contributed by atoms with Gasteiger partial charge in [-0.3, -0.25) is 10.1 Å². The molecule has 0 spiro atoms. The van der Waals surface area contributed by atoms with Gasteiger partial charge < -0.3 is 0 Å². The third kappa shape index (κ3) is 2.74. The smallest absolute Gasteiger partial charge is 0.270 e. The van der Waals surface area contributed by atoms with Crippen LogP contribution in [-0.4, -0.2) is 26.1 Å². The zero-order valence-electron chi connectivity index (χ0n) is 8.80. The van der Waals surface area contributed by atoms with Gasteiger partial charge in [0.2, 0.25) is 5.91 Å². The number of rotatable bonds is 3. The Morgan fingerprint density at radius 1 is 1.60 bits per heavy atom. The molecule has 0 aliphatic heterocycles. The van der Waals surface area contributed by atoms with Crippen LogP contribution in [0.5, 0.6) is 0 Å². The normalized spacial score (nSPS) is 12.2. The van der Waals surface area contributed by atoms with Crippen molar-refractivity contribution in [3.8, 4) is 6.07 Å². The summed E-state index contributed by atoms with van der Waals surface area (Å²) >= 11 is 0. The molecule has 0 bridgehead atoms. The first-order chi connectivity index (χ1) is 7.04. The lowest BCUT2D eigenvalue weighted by Crippen LogP contribution is -2.26. The van der Waals surface area contributed by atoms with Gasteiger partial charge in [-0.25, -0.2) is 0 Å². The van der Waals surface area contributed by atoms with Gasteiger partial charge in [-0.05, 0) is 11.1 Å². The van der Waals surface area contributed by atoms with Crippen LogP contribution in [0.2, 0.25) is 0 Å². The monoisotopic (exact) mass is 208 g/mol. The minimum atomic E-state index is -0.700. The van der Waals surface area contributed by atoms with Crippen LogP contribution in [0, 0.1) is 23.2 Å². The van der Waals surface area contributed by atoms with Crippen molar-refractivity contribution in [3.05, 3.63) is 0 Å². The number of nitrogens with zero attached hydrogens (tertiary/aromatic N) is 5. The van der Waals surface area contributed by atoms with Gasteiger partial charge in [0.25, 0.3) is 5.95 Å². The molecule has 1 aromatic rings. The fourth-order valence-corrected chi connectivity index (χ4v) is 1.03. The van der Waals surface area contributed by atoms with Gasteiger partial charge in [-0.1, -0.05) is 18.9 Å². The Morgan fingerprint density at radius 3 is 2.67 bits per heavy atom. The Bertz CT molecular complexity index is 390. The second-order valence-corrected chi connectivity index (χ2v) is 3.44. The summed E-state index contributed by atoms with van der Waals surface area (Å²) in [6, 6.07) is 1.93. The first-order valence-corrected chi connectivity index (χ1v) is 4.49. The zero-order chi connectivity index (χ0) is 11.4. The third-order valence-electron chi connectivity index (χ3n) is 1.83. The lowest BCUT2D eigenvalue weighted by molar-refractivity contribution is -0.119. The maximum Gasteiger partial charge on any atom is 0.270 e. The molecule has 7 nitrogen and oxygen atoms in total. The van der Waals surface area contributed by atoms with Crippen molar-refractivity contribution in [1.82, 2.24) is 20.2 Å². The molecule has 1 N–H and O–H groups in total. The number of tetrazole rings is 1. The lowest BCUT2D eigenvalue weighted by Gasteiger charge is -2.10. The topological polar surface area (TPSA) is 96.5 Å². The number of hydrogen-bond acceptors (Lipinski definition) is 5. The number of nitriles is 1. The Hall–Kier alpha value is -1.97. The van der Waals surface area contributed by atoms with Gasteiger partial charge in [0.15, 0.2) is 0 Å². The molecule has 15 heavy (non-hydrogen) atoms. The van der Waals surface area contributed by atoms with E-state index in [4.69, 9.17) is 5.26 Å². The van der Waals surface area contributed by atoms with Crippen LogP contribution in [0.25, 0.3) is 0 Å². The molecule has 1 unspecified atom stereocenters. The van der Waals surface area contributed by atoms with Gasteiger partial charge in [0, 0.05) is 0 Å². The Morgan fingerprint density at radius 2 is 2.27 bits per heavy atom. The summed E-state index contributed by atoms with van der Waals surface area (Å²) in [4.78, 5) is 12.8. The van der Waals surface area contributed by atoms with E-state index in [0.29, 0.717) is 0 Å². The molecule has 1 aromatic heterocycles. The summed E-state index contributed by atoms with van der Waals surface area (Å²) in [7, 11) is 1.59. The number of nitrogens with one attached hydrogen (secondary N) is 1. The van der Waals surface area contributed by atoms with Crippen LogP contribution < -0.4 is 5.32 Å². The highest BCUT2D eigenvalue weighted by Gasteiger charge is 2.22. The number of aromatic nitrogens is 4. The van der Waals surface area contributed by atoms with Crippen LogP contribution >= 0.6 is 0 Å². The van der Waals surface area contributed by atoms with Crippen LogP contribution in [0.3, 0.4) is 0 Å². The van der Waals surface area contributed by atoms with Crippen LogP contribution in [0.4, 0.5) is 5.95 Å². The number of hydrogen-bond donors (Lipinski definition) is 1. The van der Waals surface area contributed by atoms with Gasteiger partial charge in [-0.2, -0.15) is 10.1 Å². The Balaban J connectivity index is 2.67. The predicted octanol–water partition coefficient (Wildman–Crippen LogP) is -0.0556. The summed E-state index contributed by atoms with van der Waals surface area (Å²) in [5.41, 5.74) is 0. The van der Waals surface area contributed by atoms with Gasteiger partial charge >= 0.3 is 0 Å². The molecule has 0 saturated heterocycles. The van der Waals surface area contributed by atoms with E-state index >= 15 is 0 Å². The molecule has 0 aliphatic rings. The number of carbonyl (C=O) groups excluding carboxylic acids is 1. The summed E-state index contributed by atoms with van der Waals surface area (Å²) in [5.74, 6) is -1.04. The highest BCUT2D eigenvalue weighted by atomic mass is 16.2. The molecule has 1 atom stereocenters. The summed E-state index contributed by atoms with van der Waals surface area (Å²) < 4.78 is 0. The molecule has 0 radical (unpaired) electrons. The molecule has 7 heteroatoms. The van der Waals surface area contributed by atoms with E-state index in [0.717, 1.165) is 0 Å². The van der Waals surface area contributed by atoms with Crippen molar-refractivity contribution in [2.75, 3.05) is 5.32 Å². The second-order valence-electron chi connectivity index (χ2n) is 3.44. The highest BCUT2D eigenvalue weighted by Crippen LogP contribution is 2.11. The van der Waals surface area contributed by atoms with Crippen LogP contribution in [0.1, 0.15) is 13.8 Å². The zero-order valence-corrected chi connectivity index (χ0v) is 8.80. The van der Waals surface area contributed by atoms with E-state index in [-0.39, 0.29) is 11.9 Å². The second kappa shape index (κ2) is 4.50. The Kier molecular flexibility index (Phi) is 3.33. The predicted molar refractivity (Wildman–Crippen MR) is 51.4 cm³/mol. The van der Waals surface area contributed by atoms with E-state index < -0.39 is 11.8 Å². The minimum absolute atomic E-state index is 0.0494. The van der Waals surface area contributed by atoms with Crippen molar-refractivity contribution in [2.45, 2.75) is 13.8 Å². The number of carbonyl (C=O) groups is 1. The molecule has 1 amide bonds. The van der Waals surface area contributed by atoms with Gasteiger partial charge in [0.05, 0.1) is 13.1 Å². The third-order valence-corrected chi connectivity index (χ3v) is 1.83. The molecule has 0 aromatic carbocycles. The molecule has 0 aliphatic carbocycles. The molecule has 1 rings (SSSR count).